The van der Waals surface area contributed by atoms with Crippen LogP contribution in [-0.2, 0) is 0 Å². The molecule has 2 aromatic rings. The van der Waals surface area contributed by atoms with Crippen molar-refractivity contribution < 1.29 is 9.15 Å². The molecule has 0 atom stereocenters. The predicted octanol–water partition coefficient (Wildman–Crippen LogP) is 3.03. The zero-order chi connectivity index (χ0) is 14.0. The smallest absolute Gasteiger partial charge is 0.352 e. The second-order valence-electron chi connectivity index (χ2n) is 5.35. The van der Waals surface area contributed by atoms with Crippen LogP contribution in [0, 0.1) is 11.5 Å². The molecule has 1 heterocycles. The molecule has 4 heteroatoms. The fraction of sp³-hybridized carbons (Fsp3) is 0.267. The van der Waals surface area contributed by atoms with Gasteiger partial charge in [0.1, 0.15) is 25.0 Å². The van der Waals surface area contributed by atoms with E-state index in [1.807, 2.05) is 12.1 Å². The summed E-state index contributed by atoms with van der Waals surface area (Å²) in [5.41, 5.74) is 3.71. The summed E-state index contributed by atoms with van der Waals surface area (Å²) in [4.78, 5) is 11.9. The Morgan fingerprint density at radius 2 is 1.95 bits per heavy atom. The summed E-state index contributed by atoms with van der Waals surface area (Å²) in [7, 11) is 0.0696. The first-order chi connectivity index (χ1) is 8.89. The van der Waals surface area contributed by atoms with Gasteiger partial charge in [0.2, 0.25) is 0 Å². The third-order valence-electron chi connectivity index (χ3n) is 2.52. The maximum absolute atomic E-state index is 11.9. The molecule has 0 spiro atoms. The maximum Gasteiger partial charge on any atom is 0.352 e. The van der Waals surface area contributed by atoms with Gasteiger partial charge in [-0.25, -0.2) is 4.79 Å². The molecule has 0 saturated carbocycles. The van der Waals surface area contributed by atoms with Crippen LogP contribution in [0.5, 0.6) is 5.75 Å². The van der Waals surface area contributed by atoms with Crippen LogP contribution in [0.3, 0.4) is 0 Å². The number of benzene rings is 1. The topological polar surface area (TPSA) is 39.4 Å². The minimum absolute atomic E-state index is 0.397. The molecule has 98 valence electrons. The minimum atomic E-state index is -1.51. The fourth-order valence-corrected chi connectivity index (χ4v) is 2.07. The van der Waals surface area contributed by atoms with Crippen LogP contribution < -0.4 is 10.4 Å². The van der Waals surface area contributed by atoms with E-state index in [9.17, 15) is 4.79 Å². The molecule has 0 radical (unpaired) electrons. The highest BCUT2D eigenvalue weighted by molar-refractivity contribution is 6.83. The lowest BCUT2D eigenvalue weighted by molar-refractivity contribution is 0.414. The Bertz CT molecular complexity index is 727. The Morgan fingerprint density at radius 3 is 2.58 bits per heavy atom. The monoisotopic (exact) mass is 272 g/mol. The number of hydrogen-bond donors (Lipinski definition) is 0. The number of hydrogen-bond acceptors (Lipinski definition) is 3. The van der Waals surface area contributed by atoms with Gasteiger partial charge in [0.05, 0.1) is 7.11 Å². The van der Waals surface area contributed by atoms with Gasteiger partial charge >= 0.3 is 5.63 Å². The lowest BCUT2D eigenvalue weighted by atomic mass is 10.2. The summed E-state index contributed by atoms with van der Waals surface area (Å²) in [5, 5.41) is 0.847. The molecule has 0 N–H and O–H groups in total. The molecule has 0 aliphatic rings. The summed E-state index contributed by atoms with van der Waals surface area (Å²) >= 11 is 0. The summed E-state index contributed by atoms with van der Waals surface area (Å²) in [5.74, 6) is 3.61. The van der Waals surface area contributed by atoms with E-state index < -0.39 is 13.7 Å². The van der Waals surface area contributed by atoms with Crippen molar-refractivity contribution in [1.82, 2.24) is 0 Å². The van der Waals surface area contributed by atoms with Crippen molar-refractivity contribution in [3.05, 3.63) is 40.2 Å². The first kappa shape index (κ1) is 13.4. The van der Waals surface area contributed by atoms with E-state index >= 15 is 0 Å². The van der Waals surface area contributed by atoms with E-state index in [1.165, 1.54) is 0 Å². The largest absolute Gasteiger partial charge is 0.497 e. The van der Waals surface area contributed by atoms with Gasteiger partial charge in [-0.2, -0.15) is 0 Å². The Balaban J connectivity index is 2.56. The SMILES string of the molecule is COc1ccc2cc(C#C[Si](C)(C)C)c(=O)oc2c1. The third kappa shape index (κ3) is 3.27. The van der Waals surface area contributed by atoms with E-state index in [0.29, 0.717) is 16.9 Å². The van der Waals surface area contributed by atoms with Crippen molar-refractivity contribution in [1.29, 1.82) is 0 Å². The fourth-order valence-electron chi connectivity index (χ4n) is 1.56. The molecule has 0 bridgehead atoms. The van der Waals surface area contributed by atoms with Gasteiger partial charge in [0, 0.05) is 11.5 Å². The average Bonchev–Trinajstić information content (AvgIpc) is 2.34. The molecular formula is C15H16O3Si. The van der Waals surface area contributed by atoms with E-state index in [-0.39, 0.29) is 0 Å². The van der Waals surface area contributed by atoms with Crippen molar-refractivity contribution in [3.8, 4) is 17.2 Å². The molecule has 2 rings (SSSR count). The highest BCUT2D eigenvalue weighted by Crippen LogP contribution is 2.19. The maximum atomic E-state index is 11.9. The number of rotatable bonds is 1. The lowest BCUT2D eigenvalue weighted by Crippen LogP contribution is -2.17. The van der Waals surface area contributed by atoms with E-state index in [2.05, 4.69) is 31.1 Å². The van der Waals surface area contributed by atoms with Gasteiger partial charge in [-0.1, -0.05) is 25.6 Å². The molecule has 0 aliphatic carbocycles. The van der Waals surface area contributed by atoms with Crippen LogP contribution in [0.15, 0.2) is 33.5 Å². The highest BCUT2D eigenvalue weighted by Gasteiger charge is 2.09. The summed E-state index contributed by atoms with van der Waals surface area (Å²) in [6.45, 7) is 6.40. The van der Waals surface area contributed by atoms with Crippen LogP contribution in [0.2, 0.25) is 19.6 Å². The molecule has 1 aromatic heterocycles. The minimum Gasteiger partial charge on any atom is -0.497 e. The molecule has 0 unspecified atom stereocenters. The highest BCUT2D eigenvalue weighted by atomic mass is 28.3. The van der Waals surface area contributed by atoms with Gasteiger partial charge < -0.3 is 9.15 Å². The summed E-state index contributed by atoms with van der Waals surface area (Å²) < 4.78 is 10.4. The Labute approximate surface area is 113 Å². The predicted molar refractivity (Wildman–Crippen MR) is 79.3 cm³/mol. The molecule has 19 heavy (non-hydrogen) atoms. The number of fused-ring (bicyclic) bond motifs is 1. The molecule has 0 aliphatic heterocycles. The molecule has 0 saturated heterocycles. The first-order valence-corrected chi connectivity index (χ1v) is 9.54. The quantitative estimate of drug-likeness (QED) is 0.455. The van der Waals surface area contributed by atoms with Crippen LogP contribution >= 0.6 is 0 Å². The van der Waals surface area contributed by atoms with Gasteiger partial charge in [0.25, 0.3) is 0 Å². The molecule has 0 amide bonds. The van der Waals surface area contributed by atoms with Gasteiger partial charge in [-0.05, 0) is 18.2 Å². The van der Waals surface area contributed by atoms with Crippen molar-refractivity contribution in [3.63, 3.8) is 0 Å². The second-order valence-corrected chi connectivity index (χ2v) is 10.1. The summed E-state index contributed by atoms with van der Waals surface area (Å²) in [6, 6.07) is 7.16. The molecule has 1 aromatic carbocycles. The van der Waals surface area contributed by atoms with Gasteiger partial charge in [-0.3, -0.25) is 0 Å². The van der Waals surface area contributed by atoms with Crippen LogP contribution in [0.4, 0.5) is 0 Å². The zero-order valence-electron chi connectivity index (χ0n) is 11.5. The van der Waals surface area contributed by atoms with Crippen LogP contribution in [0.25, 0.3) is 11.0 Å². The Hall–Kier alpha value is -1.99. The van der Waals surface area contributed by atoms with Crippen LogP contribution in [-0.4, -0.2) is 15.2 Å². The van der Waals surface area contributed by atoms with E-state index in [0.717, 1.165) is 5.39 Å². The van der Waals surface area contributed by atoms with E-state index in [1.54, 1.807) is 19.2 Å². The summed E-state index contributed by atoms with van der Waals surface area (Å²) in [6.07, 6.45) is 0. The van der Waals surface area contributed by atoms with Gasteiger partial charge in [-0.15, -0.1) is 5.54 Å². The standard InChI is InChI=1S/C15H16O3Si/c1-17-13-6-5-11-9-12(7-8-19(2,3)4)15(16)18-14(11)10-13/h5-6,9-10H,1-4H3. The molecular weight excluding hydrogens is 256 g/mol. The second kappa shape index (κ2) is 4.94. The molecule has 0 fully saturated rings. The third-order valence-corrected chi connectivity index (χ3v) is 3.39. The van der Waals surface area contributed by atoms with Gasteiger partial charge in [0.15, 0.2) is 0 Å². The first-order valence-electron chi connectivity index (χ1n) is 6.04. The molecule has 3 nitrogen and oxygen atoms in total. The number of ether oxygens (including phenoxy) is 1. The van der Waals surface area contributed by atoms with Crippen molar-refractivity contribution in [2.75, 3.05) is 7.11 Å². The lowest BCUT2D eigenvalue weighted by Gasteiger charge is -2.04. The average molecular weight is 272 g/mol. The normalized spacial score (nSPS) is 10.9. The Morgan fingerprint density at radius 1 is 1.21 bits per heavy atom. The zero-order valence-corrected chi connectivity index (χ0v) is 12.5. The van der Waals surface area contributed by atoms with Crippen molar-refractivity contribution in [2.24, 2.45) is 0 Å². The van der Waals surface area contributed by atoms with E-state index in [4.69, 9.17) is 9.15 Å². The van der Waals surface area contributed by atoms with Crippen molar-refractivity contribution >= 4 is 19.0 Å². The Kier molecular flexibility index (Phi) is 3.50. The van der Waals surface area contributed by atoms with Crippen LogP contribution in [0.1, 0.15) is 5.56 Å². The van der Waals surface area contributed by atoms with Crippen molar-refractivity contribution in [2.45, 2.75) is 19.6 Å². The number of methoxy groups -OCH3 is 1.